The van der Waals surface area contributed by atoms with Gasteiger partial charge in [-0.25, -0.2) is 4.98 Å². The summed E-state index contributed by atoms with van der Waals surface area (Å²) in [5.41, 5.74) is -0.820. The summed E-state index contributed by atoms with van der Waals surface area (Å²) in [5.74, 6) is 0.430. The molecule has 1 aliphatic carbocycles. The van der Waals surface area contributed by atoms with Gasteiger partial charge in [-0.1, -0.05) is 6.92 Å². The maximum absolute atomic E-state index is 11.9. The van der Waals surface area contributed by atoms with Crippen molar-refractivity contribution in [2.24, 2.45) is 11.3 Å². The molecule has 2 aliphatic rings. The van der Waals surface area contributed by atoms with Gasteiger partial charge in [-0.2, -0.15) is 5.10 Å². The second-order valence-corrected chi connectivity index (χ2v) is 5.92. The van der Waals surface area contributed by atoms with E-state index < -0.39 is 11.4 Å². The zero-order chi connectivity index (χ0) is 14.2. The van der Waals surface area contributed by atoms with E-state index in [-0.39, 0.29) is 6.10 Å². The summed E-state index contributed by atoms with van der Waals surface area (Å²) in [6.45, 7) is 3.39. The van der Waals surface area contributed by atoms with Crippen molar-refractivity contribution in [2.75, 3.05) is 6.61 Å². The van der Waals surface area contributed by atoms with Gasteiger partial charge in [0.25, 0.3) is 0 Å². The Balaban J connectivity index is 1.87. The molecule has 0 spiro atoms. The first-order valence-corrected chi connectivity index (χ1v) is 7.39. The molecule has 2 unspecified atom stereocenters. The molecule has 1 aliphatic heterocycles. The Hall–Kier alpha value is -1.43. The summed E-state index contributed by atoms with van der Waals surface area (Å²) in [7, 11) is 0. The summed E-state index contributed by atoms with van der Waals surface area (Å²) < 4.78 is 7.59. The molecule has 1 aromatic heterocycles. The predicted molar refractivity (Wildman–Crippen MR) is 71.2 cm³/mol. The molecule has 20 heavy (non-hydrogen) atoms. The van der Waals surface area contributed by atoms with Gasteiger partial charge in [0.05, 0.1) is 6.10 Å². The van der Waals surface area contributed by atoms with Crippen LogP contribution in [0.5, 0.6) is 0 Å². The molecule has 6 heteroatoms. The smallest absolute Gasteiger partial charge is 0.312 e. The number of carboxylic acid groups (broad SMARTS) is 1. The lowest BCUT2D eigenvalue weighted by Crippen LogP contribution is -2.43. The molecule has 1 saturated heterocycles. The second kappa shape index (κ2) is 5.16. The Kier molecular flexibility index (Phi) is 3.50. The number of hydrogen-bond acceptors (Lipinski definition) is 4. The molecule has 0 bridgehead atoms. The first kappa shape index (κ1) is 13.5. The molecule has 0 aromatic carbocycles. The van der Waals surface area contributed by atoms with Crippen LogP contribution in [-0.4, -0.2) is 38.6 Å². The fourth-order valence-corrected chi connectivity index (χ4v) is 3.25. The molecular weight excluding hydrogens is 258 g/mol. The Morgan fingerprint density at radius 2 is 2.40 bits per heavy atom. The number of ether oxygens (including phenoxy) is 1. The number of nitrogens with zero attached hydrogens (tertiary/aromatic N) is 3. The summed E-state index contributed by atoms with van der Waals surface area (Å²) in [5, 5.41) is 14.0. The fraction of sp³-hybridized carbons (Fsp3) is 0.786. The van der Waals surface area contributed by atoms with Gasteiger partial charge in [-0.15, -0.1) is 0 Å². The fourth-order valence-electron chi connectivity index (χ4n) is 3.25. The maximum Gasteiger partial charge on any atom is 0.312 e. The van der Waals surface area contributed by atoms with Crippen LogP contribution in [0.25, 0.3) is 0 Å². The van der Waals surface area contributed by atoms with Crippen molar-refractivity contribution >= 4 is 5.97 Å². The van der Waals surface area contributed by atoms with E-state index >= 15 is 0 Å². The van der Waals surface area contributed by atoms with Gasteiger partial charge in [-0.05, 0) is 31.6 Å². The topological polar surface area (TPSA) is 77.2 Å². The van der Waals surface area contributed by atoms with Crippen LogP contribution < -0.4 is 0 Å². The number of aliphatic carboxylic acids is 1. The van der Waals surface area contributed by atoms with E-state index in [0.29, 0.717) is 25.4 Å². The van der Waals surface area contributed by atoms with E-state index in [0.717, 1.165) is 31.6 Å². The quantitative estimate of drug-likeness (QED) is 0.854. The van der Waals surface area contributed by atoms with Gasteiger partial charge in [-0.3, -0.25) is 9.48 Å². The summed E-state index contributed by atoms with van der Waals surface area (Å²) in [4.78, 5) is 16.2. The molecule has 2 heterocycles. The van der Waals surface area contributed by atoms with Crippen LogP contribution in [0.15, 0.2) is 6.33 Å². The predicted octanol–water partition coefficient (Wildman–Crippen LogP) is 1.50. The van der Waals surface area contributed by atoms with Crippen molar-refractivity contribution in [2.45, 2.75) is 51.7 Å². The summed E-state index contributed by atoms with van der Waals surface area (Å²) in [6.07, 6.45) is 5.47. The maximum atomic E-state index is 11.9. The minimum atomic E-state index is -0.820. The molecule has 1 saturated carbocycles. The molecule has 0 amide bonds. The van der Waals surface area contributed by atoms with E-state index in [1.807, 2.05) is 4.68 Å². The first-order valence-electron chi connectivity index (χ1n) is 7.39. The van der Waals surface area contributed by atoms with Crippen molar-refractivity contribution in [1.29, 1.82) is 0 Å². The van der Waals surface area contributed by atoms with Crippen LogP contribution in [0.1, 0.15) is 38.4 Å². The van der Waals surface area contributed by atoms with Crippen LogP contribution in [0.4, 0.5) is 0 Å². The Bertz CT molecular complexity index is 498. The third-order valence-electron chi connectivity index (χ3n) is 4.47. The highest BCUT2D eigenvalue weighted by molar-refractivity contribution is 5.76. The van der Waals surface area contributed by atoms with Gasteiger partial charge in [0.15, 0.2) is 0 Å². The van der Waals surface area contributed by atoms with Crippen molar-refractivity contribution in [3.63, 3.8) is 0 Å². The van der Waals surface area contributed by atoms with Gasteiger partial charge >= 0.3 is 5.97 Å². The summed E-state index contributed by atoms with van der Waals surface area (Å²) >= 11 is 0. The standard InChI is InChI=1S/C14H21N3O3/c1-2-6-17-11(15-9-16-17)8-14(13(18)19)5-7-20-12(14)10-3-4-10/h9-10,12H,2-8H2,1H3,(H,18,19). The zero-order valence-corrected chi connectivity index (χ0v) is 11.8. The molecule has 1 aromatic rings. The van der Waals surface area contributed by atoms with Crippen LogP contribution in [0.3, 0.4) is 0 Å². The molecular formula is C14H21N3O3. The highest BCUT2D eigenvalue weighted by atomic mass is 16.5. The van der Waals surface area contributed by atoms with Crippen LogP contribution in [-0.2, 0) is 22.5 Å². The first-order chi connectivity index (χ1) is 9.67. The van der Waals surface area contributed by atoms with Gasteiger partial charge in [0, 0.05) is 19.6 Å². The molecule has 6 nitrogen and oxygen atoms in total. The minimum Gasteiger partial charge on any atom is -0.481 e. The van der Waals surface area contributed by atoms with Gasteiger partial charge in [0.2, 0.25) is 0 Å². The van der Waals surface area contributed by atoms with Crippen LogP contribution >= 0.6 is 0 Å². The second-order valence-electron chi connectivity index (χ2n) is 5.92. The van der Waals surface area contributed by atoms with E-state index in [9.17, 15) is 9.90 Å². The van der Waals surface area contributed by atoms with Crippen LogP contribution in [0.2, 0.25) is 0 Å². The average Bonchev–Trinajstić information content (AvgIpc) is 3.03. The van der Waals surface area contributed by atoms with Crippen molar-refractivity contribution in [3.05, 3.63) is 12.2 Å². The average molecular weight is 279 g/mol. The number of aromatic nitrogens is 3. The largest absolute Gasteiger partial charge is 0.481 e. The van der Waals surface area contributed by atoms with E-state index in [1.165, 1.54) is 6.33 Å². The molecule has 1 N–H and O–H groups in total. The molecule has 2 fully saturated rings. The molecule has 2 atom stereocenters. The van der Waals surface area contributed by atoms with E-state index in [2.05, 4.69) is 17.0 Å². The normalized spacial score (nSPS) is 29.8. The summed E-state index contributed by atoms with van der Waals surface area (Å²) in [6, 6.07) is 0. The monoisotopic (exact) mass is 279 g/mol. The number of carboxylic acids is 1. The number of rotatable bonds is 6. The Morgan fingerprint density at radius 1 is 1.60 bits per heavy atom. The van der Waals surface area contributed by atoms with Gasteiger partial charge in [0.1, 0.15) is 17.6 Å². The molecule has 0 radical (unpaired) electrons. The molecule has 110 valence electrons. The number of aryl methyl sites for hydroxylation is 1. The van der Waals surface area contributed by atoms with Crippen LogP contribution in [0, 0.1) is 11.3 Å². The third kappa shape index (κ3) is 2.22. The lowest BCUT2D eigenvalue weighted by atomic mass is 9.76. The van der Waals surface area contributed by atoms with Crippen molar-refractivity contribution in [1.82, 2.24) is 14.8 Å². The van der Waals surface area contributed by atoms with Crippen molar-refractivity contribution in [3.8, 4) is 0 Å². The highest BCUT2D eigenvalue weighted by Gasteiger charge is 2.56. The Labute approximate surface area is 118 Å². The number of carbonyl (C=O) groups is 1. The lowest BCUT2D eigenvalue weighted by molar-refractivity contribution is -0.153. The zero-order valence-electron chi connectivity index (χ0n) is 11.8. The lowest BCUT2D eigenvalue weighted by Gasteiger charge is -2.29. The SMILES string of the molecule is CCCn1ncnc1CC1(C(=O)O)CCOC1C1CC1. The van der Waals surface area contributed by atoms with E-state index in [1.54, 1.807) is 0 Å². The van der Waals surface area contributed by atoms with Gasteiger partial charge < -0.3 is 9.84 Å². The third-order valence-corrected chi connectivity index (χ3v) is 4.47. The number of hydrogen-bond donors (Lipinski definition) is 1. The highest BCUT2D eigenvalue weighted by Crippen LogP contribution is 2.49. The minimum absolute atomic E-state index is 0.160. The van der Waals surface area contributed by atoms with E-state index in [4.69, 9.17) is 4.74 Å². The van der Waals surface area contributed by atoms with Crippen molar-refractivity contribution < 1.29 is 14.6 Å². The molecule has 3 rings (SSSR count). The Morgan fingerprint density at radius 3 is 3.05 bits per heavy atom.